The molecule has 3 heterocycles. The molecule has 8 aromatic rings. The number of rotatable bonds is 31. The third-order valence-corrected chi connectivity index (χ3v) is 22.4. The van der Waals surface area contributed by atoms with E-state index in [1.807, 2.05) is 44.2 Å². The van der Waals surface area contributed by atoms with Crippen LogP contribution >= 0.6 is 0 Å². The fourth-order valence-corrected chi connectivity index (χ4v) is 15.7. The number of carbonyl (C=O) groups excluding carboxylic acids is 6. The van der Waals surface area contributed by atoms with Gasteiger partial charge in [0, 0.05) is 129 Å². The smallest absolute Gasteiger partial charge is 0.254 e. The van der Waals surface area contributed by atoms with E-state index in [0.717, 1.165) is 77.7 Å². The third-order valence-electron chi connectivity index (χ3n) is 19.4. The number of phenols is 1. The summed E-state index contributed by atoms with van der Waals surface area (Å²) in [5.74, 6) is -2.35. The number of aromatic hydroxyl groups is 1. The van der Waals surface area contributed by atoms with E-state index in [9.17, 15) is 60.2 Å². The molecule has 0 bridgehead atoms. The van der Waals surface area contributed by atoms with Crippen molar-refractivity contribution in [1.82, 2.24) is 49.6 Å². The van der Waals surface area contributed by atoms with Crippen molar-refractivity contribution in [3.8, 4) is 28.2 Å². The number of hydrogen-bond acceptors (Lipinski definition) is 16. The van der Waals surface area contributed by atoms with Crippen LogP contribution in [0.4, 0.5) is 10.1 Å². The lowest BCUT2D eigenvalue weighted by molar-refractivity contribution is -0.135. The van der Waals surface area contributed by atoms with Crippen LogP contribution in [0.1, 0.15) is 104 Å². The molecule has 0 spiro atoms. The molecule has 0 saturated carbocycles. The summed E-state index contributed by atoms with van der Waals surface area (Å²) >= 11 is 0. The highest BCUT2D eigenvalue weighted by Gasteiger charge is 2.34. The van der Waals surface area contributed by atoms with Crippen molar-refractivity contribution in [3.63, 3.8) is 0 Å². The predicted molar refractivity (Wildman–Crippen MR) is 423 cm³/mol. The van der Waals surface area contributed by atoms with Gasteiger partial charge in [-0.1, -0.05) is 122 Å². The SMILES string of the molecule is CCN(CC)c1ccc2c(-c3ccccc3C(=O)N3CCN(C(=O)CCC(=O)NCC(=O)N[C@@H](Cc4ccc(C(=O)c5ccccc5)cc4)C(=O)NCc4cn([C@@H](Cc5ccc(O)cc5)C(O)CN(CC(C)C)S(=O)(=O)c5ccccc5)nn4)CC3)c3ccc(=[N+](CC)CC)cc-3oc2c1.CS(=O)(=O)c1ccc(F)cc1. The Morgan fingerprint density at radius 1 is 0.649 bits per heavy atom. The van der Waals surface area contributed by atoms with Crippen LogP contribution in [0.5, 0.6) is 5.75 Å². The molecule has 3 atom stereocenters. The second-order valence-corrected chi connectivity index (χ2v) is 31.5. The van der Waals surface area contributed by atoms with E-state index in [1.54, 1.807) is 88.7 Å². The summed E-state index contributed by atoms with van der Waals surface area (Å²) in [5.41, 5.74) is 7.26. The molecule has 1 fully saturated rings. The van der Waals surface area contributed by atoms with Crippen molar-refractivity contribution < 1.29 is 64.6 Å². The van der Waals surface area contributed by atoms with E-state index in [1.165, 1.54) is 51.6 Å². The number of hydrogen-bond donors (Lipinski definition) is 5. The van der Waals surface area contributed by atoms with Crippen LogP contribution in [0.15, 0.2) is 215 Å². The van der Waals surface area contributed by atoms with Gasteiger partial charge in [-0.3, -0.25) is 28.8 Å². The number of anilines is 1. The molecule has 3 aliphatic rings. The largest absolute Gasteiger partial charge is 0.508 e. The van der Waals surface area contributed by atoms with Gasteiger partial charge in [0.1, 0.15) is 47.7 Å². The second-order valence-electron chi connectivity index (χ2n) is 27.6. The van der Waals surface area contributed by atoms with E-state index in [4.69, 9.17) is 4.42 Å². The first-order chi connectivity index (χ1) is 53.2. The third kappa shape index (κ3) is 21.4. The molecule has 582 valence electrons. The first-order valence-corrected chi connectivity index (χ1v) is 40.5. The van der Waals surface area contributed by atoms with E-state index < -0.39 is 68.1 Å². The van der Waals surface area contributed by atoms with Gasteiger partial charge in [-0.05, 0) is 130 Å². The number of sulfonamides is 1. The Kier molecular flexibility index (Phi) is 28.1. The summed E-state index contributed by atoms with van der Waals surface area (Å²) in [4.78, 5) is 89.0. The van der Waals surface area contributed by atoms with Crippen LogP contribution in [0.25, 0.3) is 33.4 Å². The van der Waals surface area contributed by atoms with Gasteiger partial charge < -0.3 is 45.3 Å². The van der Waals surface area contributed by atoms with Crippen LogP contribution in [0.2, 0.25) is 0 Å². The quantitative estimate of drug-likeness (QED) is 0.0117. The minimum Gasteiger partial charge on any atom is -0.508 e. The fraction of sp³-hybridized carbons (Fsp3) is 0.321. The number of carbonyl (C=O) groups is 6. The first kappa shape index (κ1) is 82.2. The highest BCUT2D eigenvalue weighted by Crippen LogP contribution is 2.43. The number of nitrogens with one attached hydrogen (secondary N) is 3. The highest BCUT2D eigenvalue weighted by molar-refractivity contribution is 7.90. The zero-order valence-corrected chi connectivity index (χ0v) is 65.0. The summed E-state index contributed by atoms with van der Waals surface area (Å²) < 4.78 is 73.6. The molecule has 24 nitrogen and oxygen atoms in total. The second kappa shape index (κ2) is 37.9. The molecular weight excluding hydrogens is 1450 g/mol. The monoisotopic (exact) mass is 1550 g/mol. The molecule has 2 aliphatic heterocycles. The molecule has 1 saturated heterocycles. The summed E-state index contributed by atoms with van der Waals surface area (Å²) in [7, 11) is -7.23. The van der Waals surface area contributed by atoms with Crippen molar-refractivity contribution in [2.75, 3.05) is 83.1 Å². The average Bonchev–Trinajstić information content (AvgIpc) is 1.09. The van der Waals surface area contributed by atoms with Gasteiger partial charge in [0.25, 0.3) is 5.91 Å². The van der Waals surface area contributed by atoms with E-state index in [0.29, 0.717) is 39.2 Å². The molecule has 111 heavy (non-hydrogen) atoms. The summed E-state index contributed by atoms with van der Waals surface area (Å²) in [5, 5.41) is 40.8. The molecule has 1 aliphatic carbocycles. The maximum Gasteiger partial charge on any atom is 0.254 e. The zero-order chi connectivity index (χ0) is 79.5. The van der Waals surface area contributed by atoms with Crippen LogP contribution in [0.3, 0.4) is 0 Å². The van der Waals surface area contributed by atoms with E-state index in [-0.39, 0.29) is 116 Å². The normalized spacial score (nSPS) is 13.3. The number of nitrogens with zero attached hydrogens (tertiary/aromatic N) is 8. The van der Waals surface area contributed by atoms with Crippen LogP contribution in [-0.2, 0) is 58.4 Å². The van der Waals surface area contributed by atoms with Crippen LogP contribution < -0.4 is 30.8 Å². The Balaban J connectivity index is 0.00000109. The van der Waals surface area contributed by atoms with Crippen LogP contribution in [0, 0.1) is 11.7 Å². The number of aliphatic hydroxyl groups is 1. The average molecular weight is 1550 g/mol. The number of phenolic OH excluding ortho intramolecular Hbond substituents is 1. The van der Waals surface area contributed by atoms with Crippen molar-refractivity contribution in [2.24, 2.45) is 5.92 Å². The fourth-order valence-electron chi connectivity index (χ4n) is 13.4. The Morgan fingerprint density at radius 2 is 1.27 bits per heavy atom. The first-order valence-electron chi connectivity index (χ1n) is 37.1. The minimum atomic E-state index is -4.05. The van der Waals surface area contributed by atoms with Gasteiger partial charge in [-0.15, -0.1) is 5.10 Å². The maximum absolute atomic E-state index is 14.7. The molecular formula is C84H95FN11O13S2+. The maximum atomic E-state index is 14.7. The van der Waals surface area contributed by atoms with Gasteiger partial charge in [0.2, 0.25) is 39.0 Å². The number of benzene rings is 8. The number of fused-ring (bicyclic) bond motifs is 2. The highest BCUT2D eigenvalue weighted by atomic mass is 32.2. The van der Waals surface area contributed by atoms with Gasteiger partial charge >= 0.3 is 0 Å². The Bertz CT molecular complexity index is 5170. The molecule has 1 unspecified atom stereocenters. The van der Waals surface area contributed by atoms with E-state index in [2.05, 4.69) is 99.8 Å². The molecule has 5 amide bonds. The van der Waals surface area contributed by atoms with E-state index >= 15 is 0 Å². The van der Waals surface area contributed by atoms with Crippen molar-refractivity contribution in [1.29, 1.82) is 0 Å². The molecule has 27 heteroatoms. The van der Waals surface area contributed by atoms with Crippen LogP contribution in [-0.4, -0.2) is 182 Å². The topological polar surface area (TPSA) is 307 Å². The molecule has 1 aromatic heterocycles. The predicted octanol–water partition coefficient (Wildman–Crippen LogP) is 9.34. The van der Waals surface area contributed by atoms with Gasteiger partial charge in [0.15, 0.2) is 15.6 Å². The number of amides is 5. The van der Waals surface area contributed by atoms with Crippen molar-refractivity contribution in [3.05, 3.63) is 245 Å². The zero-order valence-electron chi connectivity index (χ0n) is 63.3. The Labute approximate surface area is 646 Å². The molecule has 0 radical (unpaired) electrons. The lowest BCUT2D eigenvalue weighted by Crippen LogP contribution is -2.51. The number of sulfone groups is 1. The number of piperazine rings is 1. The molecule has 11 rings (SSSR count). The van der Waals surface area contributed by atoms with Gasteiger partial charge in [0.05, 0.1) is 47.3 Å². The van der Waals surface area contributed by atoms with Gasteiger partial charge in [-0.2, -0.15) is 4.31 Å². The number of aromatic nitrogens is 3. The number of ketones is 1. The lowest BCUT2D eigenvalue weighted by Gasteiger charge is -2.35. The standard InChI is InChI=1S/C77H87N11O11S.C7H7FO2S/c1-7-83(8-2)58-31-35-64-69(45-58)99-70-46-59(84(9-3)10-4)32-36-65(70)74(64)62-23-17-18-24-63(62)77(96)86-41-39-85(40-42-86)73(93)38-37-71(91)78-48-72(92)80-66(43-53-25-29-56(30-26-53)75(94)55-19-13-11-14-20-55)76(95)79-47-57-50-88(82-81-57)67(44-54-27-33-60(89)34-28-54)68(90)51-87(49-52(5)6)100(97,98)61-21-15-12-16-22-61;1-11(9,10)7-4-2-6(8)3-5-7/h11-36,45-46,50,52,66-68,90H,7-10,37-44,47-49,51H2,1-6H3,(H3-,78,79,80,89,91,92,95);2-5H,1H3/p+1/t66-,67-,68?;/m0./s1. The minimum absolute atomic E-state index is 0.0339. The number of halogens is 1. The Hall–Kier alpha value is -11.3. The summed E-state index contributed by atoms with van der Waals surface area (Å²) in [6, 6.07) is 52.5. The van der Waals surface area contributed by atoms with Gasteiger partial charge in [-0.25, -0.2) is 30.5 Å². The van der Waals surface area contributed by atoms with Crippen molar-refractivity contribution >= 4 is 71.8 Å². The number of aliphatic hydroxyl groups excluding tert-OH is 1. The lowest BCUT2D eigenvalue weighted by atomic mass is 9.90. The molecule has 7 aromatic carbocycles. The summed E-state index contributed by atoms with van der Waals surface area (Å²) in [6.07, 6.45) is 1.01. The van der Waals surface area contributed by atoms with Crippen molar-refractivity contribution in [2.45, 2.75) is 102 Å². The molecule has 5 N–H and O–H groups in total. The Morgan fingerprint density at radius 3 is 1.92 bits per heavy atom. The summed E-state index contributed by atoms with van der Waals surface area (Å²) in [6.45, 7) is 15.7.